The van der Waals surface area contributed by atoms with Crippen LogP contribution in [-0.4, -0.2) is 38.6 Å². The van der Waals surface area contributed by atoms with Crippen LogP contribution in [0.1, 0.15) is 30.5 Å². The first-order valence-electron chi connectivity index (χ1n) is 11.9. The number of rotatable bonds is 5. The van der Waals surface area contributed by atoms with Gasteiger partial charge in [0, 0.05) is 42.8 Å². The van der Waals surface area contributed by atoms with E-state index < -0.39 is 60.7 Å². The maximum Gasteiger partial charge on any atom is 0.323 e. The molecular formula is C16H18N4O3S. The maximum atomic E-state index is 13.1. The fourth-order valence-corrected chi connectivity index (χ4v) is 2.93. The molecule has 0 fully saturated rings. The fraction of sp³-hybridized carbons (Fsp3) is 0.312. The topological polar surface area (TPSA) is 96.0 Å². The van der Waals surface area contributed by atoms with E-state index in [1.807, 2.05) is 0 Å². The lowest BCUT2D eigenvalue weighted by Gasteiger charge is -2.13. The second kappa shape index (κ2) is 6.66. The number of imidazole rings is 1. The van der Waals surface area contributed by atoms with Gasteiger partial charge in [-0.25, -0.2) is 0 Å². The SMILES string of the molecule is [2H]c1nc(C[S+]([O-])c2nc3nc(OC([2H])([2H])[2H])ccc3n2[2H])c(C([2H])([2H])[2H])c(OC)c1C([2H])([2H])[2H]. The van der Waals surface area contributed by atoms with Gasteiger partial charge < -0.3 is 14.0 Å². The van der Waals surface area contributed by atoms with E-state index in [-0.39, 0.29) is 27.9 Å². The summed E-state index contributed by atoms with van der Waals surface area (Å²) < 4.78 is 107. The second-order valence-corrected chi connectivity index (χ2v) is 5.89. The maximum absolute atomic E-state index is 13.1. The monoisotopic (exact) mass is 357 g/mol. The van der Waals surface area contributed by atoms with Crippen molar-refractivity contribution in [2.24, 2.45) is 0 Å². The molecule has 0 aliphatic heterocycles. The van der Waals surface area contributed by atoms with Gasteiger partial charge in [-0.15, -0.1) is 0 Å². The lowest BCUT2D eigenvalue weighted by molar-refractivity contribution is 0.399. The summed E-state index contributed by atoms with van der Waals surface area (Å²) in [7, 11) is -1.73. The van der Waals surface area contributed by atoms with E-state index in [4.69, 9.17) is 24.6 Å². The number of aromatic amines is 1. The van der Waals surface area contributed by atoms with Crippen molar-refractivity contribution in [2.75, 3.05) is 14.1 Å². The van der Waals surface area contributed by atoms with Crippen LogP contribution in [0.5, 0.6) is 11.6 Å². The highest BCUT2D eigenvalue weighted by Crippen LogP contribution is 2.26. The van der Waals surface area contributed by atoms with E-state index >= 15 is 0 Å². The first-order valence-corrected chi connectivity index (χ1v) is 7.80. The molecule has 24 heavy (non-hydrogen) atoms. The quantitative estimate of drug-likeness (QED) is 0.704. The lowest BCUT2D eigenvalue weighted by atomic mass is 10.1. The summed E-state index contributed by atoms with van der Waals surface area (Å²) >= 11 is -2.22. The highest BCUT2D eigenvalue weighted by Gasteiger charge is 2.21. The zero-order chi connectivity index (χ0) is 26.5. The van der Waals surface area contributed by atoms with Gasteiger partial charge in [-0.05, 0) is 19.8 Å². The van der Waals surface area contributed by atoms with Crippen molar-refractivity contribution in [3.63, 3.8) is 0 Å². The summed E-state index contributed by atoms with van der Waals surface area (Å²) in [5, 5.41) is -0.373. The normalized spacial score (nSPS) is 20.7. The van der Waals surface area contributed by atoms with Gasteiger partial charge in [0.15, 0.2) is 12.8 Å². The van der Waals surface area contributed by atoms with Crippen LogP contribution in [0.25, 0.3) is 11.2 Å². The number of methoxy groups -OCH3 is 2. The van der Waals surface area contributed by atoms with Gasteiger partial charge in [0.1, 0.15) is 5.75 Å². The van der Waals surface area contributed by atoms with E-state index in [2.05, 4.69) is 15.0 Å². The number of nitrogens with one attached hydrogen (secondary N) is 1. The summed E-state index contributed by atoms with van der Waals surface area (Å²) in [5.74, 6) is -1.52. The van der Waals surface area contributed by atoms with Gasteiger partial charge in [0.05, 0.1) is 30.8 Å². The number of ether oxygens (including phenoxy) is 2. The molecule has 0 radical (unpaired) electrons. The highest BCUT2D eigenvalue weighted by atomic mass is 32.2. The molecule has 0 aromatic carbocycles. The Kier molecular flexibility index (Phi) is 2.14. The first-order chi connectivity index (χ1) is 15.9. The Bertz CT molecular complexity index is 1260. The van der Waals surface area contributed by atoms with Crippen molar-refractivity contribution in [3.8, 4) is 11.6 Å². The minimum atomic E-state index is -2.93. The number of pyridine rings is 2. The summed E-state index contributed by atoms with van der Waals surface area (Å²) in [6.45, 7) is -5.84. The van der Waals surface area contributed by atoms with Crippen LogP contribution in [0.15, 0.2) is 23.5 Å². The molecule has 7 nitrogen and oxygen atoms in total. The molecule has 3 aromatic heterocycles. The van der Waals surface area contributed by atoms with Gasteiger partial charge >= 0.3 is 5.16 Å². The third kappa shape index (κ3) is 3.02. The Morgan fingerprint density at radius 3 is 3.04 bits per heavy atom. The van der Waals surface area contributed by atoms with Crippen LogP contribution in [0.2, 0.25) is 1.41 Å². The standard InChI is InChI=1S/C16H18N4O3S/c1-9-7-17-12(10(2)14(9)23-4)8-24(21)16-18-11-5-6-13(22-3)19-15(11)20-16/h5-7H,8H2,1-4H3,(H,18,19,20)/i1D3,2D3,3D3,7D/hD. The van der Waals surface area contributed by atoms with Crippen LogP contribution in [-0.2, 0) is 16.9 Å². The Morgan fingerprint density at radius 2 is 2.29 bits per heavy atom. The van der Waals surface area contributed by atoms with Gasteiger partial charge in [-0.2, -0.15) is 9.97 Å². The van der Waals surface area contributed by atoms with Crippen molar-refractivity contribution < 1.29 is 29.1 Å². The van der Waals surface area contributed by atoms with E-state index in [1.54, 1.807) is 0 Å². The average molecular weight is 357 g/mol. The van der Waals surface area contributed by atoms with Crippen molar-refractivity contribution in [1.29, 1.82) is 0 Å². The zero-order valence-electron chi connectivity index (χ0n) is 23.3. The lowest BCUT2D eigenvalue weighted by Crippen LogP contribution is -2.10. The van der Waals surface area contributed by atoms with Crippen molar-refractivity contribution >= 4 is 22.3 Å². The van der Waals surface area contributed by atoms with Gasteiger partial charge in [0.25, 0.3) is 0 Å². The first kappa shape index (κ1) is 7.71. The molecule has 8 heteroatoms. The molecule has 0 aliphatic carbocycles. The van der Waals surface area contributed by atoms with Crippen molar-refractivity contribution in [1.82, 2.24) is 19.9 Å². The molecule has 0 saturated carbocycles. The van der Waals surface area contributed by atoms with Crippen LogP contribution < -0.4 is 9.47 Å². The molecule has 3 heterocycles. The van der Waals surface area contributed by atoms with Crippen LogP contribution in [0.4, 0.5) is 0 Å². The molecule has 1 unspecified atom stereocenters. The molecule has 1 N–H and O–H groups in total. The highest BCUT2D eigenvalue weighted by molar-refractivity contribution is 7.90. The van der Waals surface area contributed by atoms with Gasteiger partial charge in [0.2, 0.25) is 5.88 Å². The summed E-state index contributed by atoms with van der Waals surface area (Å²) in [5.41, 5.74) is -1.78. The minimum absolute atomic E-state index is 0.0618. The Labute approximate surface area is 158 Å². The molecule has 0 spiro atoms. The number of H-pyrrole nitrogens is 1. The fourth-order valence-electron chi connectivity index (χ4n) is 1.95. The summed E-state index contributed by atoms with van der Waals surface area (Å²) in [6, 6.07) is 2.47. The predicted molar refractivity (Wildman–Crippen MR) is 90.8 cm³/mol. The molecule has 1 atom stereocenters. The van der Waals surface area contributed by atoms with Crippen LogP contribution >= 0.6 is 0 Å². The Morgan fingerprint density at radius 1 is 1.38 bits per heavy atom. The van der Waals surface area contributed by atoms with Crippen molar-refractivity contribution in [3.05, 3.63) is 35.1 Å². The Hall–Kier alpha value is -2.32. The number of hydrogen-bond donors (Lipinski definition) is 1. The molecule has 0 aliphatic rings. The van der Waals surface area contributed by atoms with Gasteiger partial charge in [-0.3, -0.25) is 9.96 Å². The van der Waals surface area contributed by atoms with Crippen LogP contribution in [0.3, 0.4) is 0 Å². The van der Waals surface area contributed by atoms with E-state index in [0.717, 1.165) is 7.11 Å². The summed E-state index contributed by atoms with van der Waals surface area (Å²) in [4.78, 5) is 12.3. The largest absolute Gasteiger partial charge is 0.609 e. The third-order valence-electron chi connectivity index (χ3n) is 3.07. The number of nitrogens with zero attached hydrogens (tertiary/aromatic N) is 3. The molecule has 126 valence electrons. The second-order valence-electron chi connectivity index (χ2n) is 4.54. The van der Waals surface area contributed by atoms with E-state index in [1.165, 1.54) is 12.1 Å². The molecular weight excluding hydrogens is 328 g/mol. The van der Waals surface area contributed by atoms with Crippen molar-refractivity contribution in [2.45, 2.75) is 24.6 Å². The third-order valence-corrected chi connectivity index (χ3v) is 4.20. The average Bonchev–Trinajstić information content (AvgIpc) is 3.00. The molecule has 3 aromatic rings. The number of fused-ring (bicyclic) bond motifs is 1. The number of hydrogen-bond acceptors (Lipinski definition) is 6. The predicted octanol–water partition coefficient (Wildman–Crippen LogP) is 2.29. The van der Waals surface area contributed by atoms with Gasteiger partial charge in [-0.1, -0.05) is 0 Å². The number of aromatic nitrogens is 4. The van der Waals surface area contributed by atoms with E-state index in [0.29, 0.717) is 4.98 Å². The Balaban J connectivity index is 2.09. The molecule has 0 amide bonds. The molecule has 0 saturated heterocycles. The van der Waals surface area contributed by atoms with Crippen LogP contribution in [0, 0.1) is 13.7 Å². The minimum Gasteiger partial charge on any atom is -0.609 e. The van der Waals surface area contributed by atoms with E-state index in [9.17, 15) is 4.55 Å². The smallest absolute Gasteiger partial charge is 0.323 e. The summed E-state index contributed by atoms with van der Waals surface area (Å²) in [6.07, 6.45) is -0.769. The zero-order valence-corrected chi connectivity index (χ0v) is 13.1. The molecule has 3 rings (SSSR count). The molecule has 0 bridgehead atoms.